The lowest BCUT2D eigenvalue weighted by molar-refractivity contribution is -0.127. The van der Waals surface area contributed by atoms with Gasteiger partial charge in [-0.1, -0.05) is 11.6 Å². The first-order chi connectivity index (χ1) is 12.6. The number of nitrogens with one attached hydrogen (secondary N) is 1. The maximum absolute atomic E-state index is 13.0. The molecule has 4 rings (SSSR count). The van der Waals surface area contributed by atoms with Gasteiger partial charge in [-0.15, -0.1) is 0 Å². The van der Waals surface area contributed by atoms with Gasteiger partial charge in [0, 0.05) is 44.6 Å². The van der Waals surface area contributed by atoms with Crippen molar-refractivity contribution < 1.29 is 4.79 Å². The van der Waals surface area contributed by atoms with Crippen molar-refractivity contribution in [3.63, 3.8) is 0 Å². The molecule has 1 saturated heterocycles. The molecule has 0 radical (unpaired) electrons. The fourth-order valence-electron chi connectivity index (χ4n) is 4.45. The van der Waals surface area contributed by atoms with E-state index in [2.05, 4.69) is 35.1 Å². The average Bonchev–Trinajstić information content (AvgIpc) is 3.49. The predicted octanol–water partition coefficient (Wildman–Crippen LogP) is 2.85. The Kier molecular flexibility index (Phi) is 4.91. The van der Waals surface area contributed by atoms with E-state index < -0.39 is 0 Å². The zero-order valence-corrected chi connectivity index (χ0v) is 16.2. The van der Waals surface area contributed by atoms with Gasteiger partial charge >= 0.3 is 0 Å². The summed E-state index contributed by atoms with van der Waals surface area (Å²) in [5.74, 6) is 1.75. The molecule has 2 aliphatic carbocycles. The van der Waals surface area contributed by atoms with Gasteiger partial charge in [0.15, 0.2) is 0 Å². The van der Waals surface area contributed by atoms with Crippen LogP contribution in [0, 0.1) is 17.3 Å². The molecule has 2 atom stereocenters. The van der Waals surface area contributed by atoms with E-state index in [1.807, 2.05) is 17.1 Å². The quantitative estimate of drug-likeness (QED) is 0.729. The molecule has 3 aliphatic rings. The molecule has 5 heteroatoms. The van der Waals surface area contributed by atoms with Crippen molar-refractivity contribution in [1.29, 1.82) is 0 Å². The summed E-state index contributed by atoms with van der Waals surface area (Å²) in [5, 5.41) is 3.46. The Morgan fingerprint density at radius 3 is 2.73 bits per heavy atom. The van der Waals surface area contributed by atoms with Crippen LogP contribution in [0.4, 0.5) is 0 Å². The minimum absolute atomic E-state index is 0.190. The van der Waals surface area contributed by atoms with Gasteiger partial charge in [0.25, 0.3) is 0 Å². The Balaban J connectivity index is 1.35. The molecule has 2 heterocycles. The highest BCUT2D eigenvalue weighted by molar-refractivity contribution is 5.85. The van der Waals surface area contributed by atoms with E-state index in [0.29, 0.717) is 12.0 Å². The second-order valence-corrected chi connectivity index (χ2v) is 8.93. The Morgan fingerprint density at radius 2 is 2.12 bits per heavy atom. The van der Waals surface area contributed by atoms with Crippen LogP contribution in [0.1, 0.15) is 46.0 Å². The fraction of sp³-hybridized carbons (Fsp3) is 0.714. The fourth-order valence-corrected chi connectivity index (χ4v) is 4.45. The second kappa shape index (κ2) is 7.18. The summed E-state index contributed by atoms with van der Waals surface area (Å²) >= 11 is 0. The molecule has 0 bridgehead atoms. The summed E-state index contributed by atoms with van der Waals surface area (Å²) in [6.07, 6.45) is 13.7. The normalized spacial score (nSPS) is 27.3. The number of amides is 1. The molecular weight excluding hydrogens is 324 g/mol. The van der Waals surface area contributed by atoms with Crippen LogP contribution in [-0.2, 0) is 11.3 Å². The Morgan fingerprint density at radius 1 is 1.31 bits per heavy atom. The Bertz CT molecular complexity index is 654. The van der Waals surface area contributed by atoms with Gasteiger partial charge < -0.3 is 14.8 Å². The number of nitrogens with zero attached hydrogens (tertiary/aromatic N) is 3. The Hall–Kier alpha value is -1.62. The zero-order valence-electron chi connectivity index (χ0n) is 16.2. The maximum Gasteiger partial charge on any atom is 0.228 e. The average molecular weight is 357 g/mol. The monoisotopic (exact) mass is 356 g/mol. The number of rotatable bonds is 8. The standard InChI is InChI=1S/C21H32N4O/c1-16(2)4-3-10-24-12-18(17-5-6-17)19(13-24)23-20(26)21(7-8-21)14-25-11-9-22-15-25/h4,9,11,15,17-19H,3,5-8,10,12-14H2,1-2H3,(H,23,26)/t18-,19+/m1/s1. The van der Waals surface area contributed by atoms with Crippen LogP contribution >= 0.6 is 0 Å². The molecule has 1 aromatic rings. The minimum atomic E-state index is -0.190. The lowest BCUT2D eigenvalue weighted by Gasteiger charge is -2.23. The lowest BCUT2D eigenvalue weighted by atomic mass is 9.96. The third-order valence-corrected chi connectivity index (χ3v) is 6.36. The SMILES string of the molecule is CC(C)=CCCN1C[C@H](NC(=O)C2(Cn3ccnc3)CC2)[C@@H](C2CC2)C1. The second-order valence-electron chi connectivity index (χ2n) is 8.93. The van der Waals surface area contributed by atoms with Gasteiger partial charge in [-0.25, -0.2) is 4.98 Å². The van der Waals surface area contributed by atoms with Crippen molar-refractivity contribution in [3.8, 4) is 0 Å². The summed E-state index contributed by atoms with van der Waals surface area (Å²) in [4.78, 5) is 19.7. The first-order valence-corrected chi connectivity index (χ1v) is 10.2. The van der Waals surface area contributed by atoms with Gasteiger partial charge in [0.05, 0.1) is 11.7 Å². The highest BCUT2D eigenvalue weighted by Gasteiger charge is 2.52. The molecule has 1 N–H and O–H groups in total. The summed E-state index contributed by atoms with van der Waals surface area (Å²) in [6.45, 7) is 8.38. The summed E-state index contributed by atoms with van der Waals surface area (Å²) in [7, 11) is 0. The number of hydrogen-bond acceptors (Lipinski definition) is 3. The first kappa shape index (κ1) is 17.8. The third-order valence-electron chi connectivity index (χ3n) is 6.36. The number of imidazole rings is 1. The van der Waals surface area contributed by atoms with Crippen molar-refractivity contribution in [1.82, 2.24) is 19.8 Å². The van der Waals surface area contributed by atoms with Crippen LogP contribution in [0.5, 0.6) is 0 Å². The number of carbonyl (C=O) groups excluding carboxylic acids is 1. The molecule has 26 heavy (non-hydrogen) atoms. The van der Waals surface area contributed by atoms with Crippen LogP contribution < -0.4 is 5.32 Å². The summed E-state index contributed by atoms with van der Waals surface area (Å²) < 4.78 is 2.05. The van der Waals surface area contributed by atoms with Crippen LogP contribution in [-0.4, -0.2) is 46.0 Å². The molecule has 142 valence electrons. The minimum Gasteiger partial charge on any atom is -0.351 e. The van der Waals surface area contributed by atoms with E-state index in [0.717, 1.165) is 51.4 Å². The van der Waals surface area contributed by atoms with E-state index in [4.69, 9.17) is 0 Å². The molecule has 0 spiro atoms. The number of allylic oxidation sites excluding steroid dienone is 1. The van der Waals surface area contributed by atoms with Crippen LogP contribution in [0.15, 0.2) is 30.4 Å². The van der Waals surface area contributed by atoms with Gasteiger partial charge in [0.2, 0.25) is 5.91 Å². The number of hydrogen-bond donors (Lipinski definition) is 1. The molecule has 1 aromatic heterocycles. The molecule has 0 unspecified atom stereocenters. The van der Waals surface area contributed by atoms with Crippen molar-refractivity contribution in [3.05, 3.63) is 30.4 Å². The highest BCUT2D eigenvalue weighted by atomic mass is 16.2. The van der Waals surface area contributed by atoms with Crippen LogP contribution in [0.2, 0.25) is 0 Å². The van der Waals surface area contributed by atoms with Gasteiger partial charge in [0.1, 0.15) is 0 Å². The van der Waals surface area contributed by atoms with Crippen LogP contribution in [0.3, 0.4) is 0 Å². The van der Waals surface area contributed by atoms with E-state index in [-0.39, 0.29) is 11.3 Å². The molecule has 0 aromatic carbocycles. The lowest BCUT2D eigenvalue weighted by Crippen LogP contribution is -2.45. The van der Waals surface area contributed by atoms with E-state index in [1.54, 1.807) is 6.20 Å². The first-order valence-electron chi connectivity index (χ1n) is 10.2. The Labute approximate surface area is 156 Å². The van der Waals surface area contributed by atoms with Crippen molar-refractivity contribution >= 4 is 5.91 Å². The largest absolute Gasteiger partial charge is 0.351 e. The van der Waals surface area contributed by atoms with Crippen molar-refractivity contribution in [2.45, 2.75) is 58.5 Å². The molecule has 2 saturated carbocycles. The van der Waals surface area contributed by atoms with Crippen molar-refractivity contribution in [2.24, 2.45) is 17.3 Å². The molecule has 3 fully saturated rings. The third kappa shape index (κ3) is 4.03. The van der Waals surface area contributed by atoms with Gasteiger partial charge in [-0.2, -0.15) is 0 Å². The molecule has 1 amide bonds. The number of likely N-dealkylation sites (tertiary alicyclic amines) is 1. The summed E-state index contributed by atoms with van der Waals surface area (Å²) in [6, 6.07) is 0.335. The smallest absolute Gasteiger partial charge is 0.228 e. The molecule has 5 nitrogen and oxygen atoms in total. The maximum atomic E-state index is 13.0. The molecular formula is C21H32N4O. The van der Waals surface area contributed by atoms with Gasteiger partial charge in [-0.3, -0.25) is 4.79 Å². The topological polar surface area (TPSA) is 50.2 Å². The number of carbonyl (C=O) groups is 1. The van der Waals surface area contributed by atoms with E-state index >= 15 is 0 Å². The predicted molar refractivity (Wildman–Crippen MR) is 103 cm³/mol. The van der Waals surface area contributed by atoms with E-state index in [9.17, 15) is 4.79 Å². The summed E-state index contributed by atoms with van der Waals surface area (Å²) in [5.41, 5.74) is 1.20. The highest BCUT2D eigenvalue weighted by Crippen LogP contribution is 2.48. The van der Waals surface area contributed by atoms with Gasteiger partial charge in [-0.05, 0) is 57.8 Å². The van der Waals surface area contributed by atoms with E-state index in [1.165, 1.54) is 18.4 Å². The zero-order chi connectivity index (χ0) is 18.1. The van der Waals surface area contributed by atoms with Crippen LogP contribution in [0.25, 0.3) is 0 Å². The number of aromatic nitrogens is 2. The molecule has 1 aliphatic heterocycles. The van der Waals surface area contributed by atoms with Crippen molar-refractivity contribution in [2.75, 3.05) is 19.6 Å².